The van der Waals surface area contributed by atoms with Gasteiger partial charge in [-0.25, -0.2) is 8.78 Å². The monoisotopic (exact) mass is 225 g/mol. The third kappa shape index (κ3) is 2.24. The summed E-state index contributed by atoms with van der Waals surface area (Å²) >= 11 is 0. The van der Waals surface area contributed by atoms with Crippen LogP contribution in [-0.4, -0.2) is 5.54 Å². The first-order valence-electron chi connectivity index (χ1n) is 5.78. The van der Waals surface area contributed by atoms with E-state index >= 15 is 0 Å². The fourth-order valence-corrected chi connectivity index (χ4v) is 2.37. The molecule has 2 rings (SSSR count). The fraction of sp³-hybridized carbons (Fsp3) is 0.538. The third-order valence-corrected chi connectivity index (χ3v) is 3.45. The lowest BCUT2D eigenvalue weighted by Crippen LogP contribution is -2.28. The summed E-state index contributed by atoms with van der Waals surface area (Å²) in [5, 5.41) is 0. The van der Waals surface area contributed by atoms with E-state index in [2.05, 4.69) is 6.92 Å². The second kappa shape index (κ2) is 4.13. The van der Waals surface area contributed by atoms with Crippen LogP contribution in [0.1, 0.15) is 31.7 Å². The van der Waals surface area contributed by atoms with Crippen LogP contribution in [0.25, 0.3) is 0 Å². The van der Waals surface area contributed by atoms with Gasteiger partial charge in [-0.1, -0.05) is 19.4 Å². The molecule has 1 aromatic rings. The maximum absolute atomic E-state index is 13.4. The molecule has 2 N–H and O–H groups in total. The van der Waals surface area contributed by atoms with Crippen molar-refractivity contribution in [2.24, 2.45) is 11.7 Å². The zero-order chi connectivity index (χ0) is 11.8. The summed E-state index contributed by atoms with van der Waals surface area (Å²) in [6, 6.07) is 3.72. The molecule has 1 aromatic carbocycles. The van der Waals surface area contributed by atoms with E-state index in [0.29, 0.717) is 17.9 Å². The molecule has 0 saturated heterocycles. The predicted molar refractivity (Wildman–Crippen MR) is 60.0 cm³/mol. The van der Waals surface area contributed by atoms with Crippen LogP contribution in [0.3, 0.4) is 0 Å². The number of benzene rings is 1. The number of hydrogen-bond acceptors (Lipinski definition) is 1. The van der Waals surface area contributed by atoms with E-state index < -0.39 is 11.6 Å². The van der Waals surface area contributed by atoms with E-state index in [-0.39, 0.29) is 5.54 Å². The van der Waals surface area contributed by atoms with Crippen molar-refractivity contribution in [2.45, 2.75) is 38.1 Å². The zero-order valence-corrected chi connectivity index (χ0v) is 9.47. The van der Waals surface area contributed by atoms with Crippen molar-refractivity contribution >= 4 is 0 Å². The molecule has 1 fully saturated rings. The van der Waals surface area contributed by atoms with Gasteiger partial charge in [-0.3, -0.25) is 0 Å². The molecule has 0 bridgehead atoms. The van der Waals surface area contributed by atoms with Gasteiger partial charge in [0.15, 0.2) is 0 Å². The molecule has 0 aliphatic heterocycles. The second-order valence-corrected chi connectivity index (χ2v) is 4.84. The minimum absolute atomic E-state index is 0.255. The van der Waals surface area contributed by atoms with Crippen molar-refractivity contribution in [3.8, 4) is 0 Å². The highest BCUT2D eigenvalue weighted by Gasteiger charge is 2.49. The van der Waals surface area contributed by atoms with Gasteiger partial charge in [-0.2, -0.15) is 0 Å². The number of nitrogens with two attached hydrogens (primary N) is 1. The van der Waals surface area contributed by atoms with E-state index in [1.165, 1.54) is 12.1 Å². The van der Waals surface area contributed by atoms with Gasteiger partial charge in [0.2, 0.25) is 0 Å². The first-order chi connectivity index (χ1) is 7.55. The molecular formula is C13H17F2N. The Bertz CT molecular complexity index is 392. The first-order valence-corrected chi connectivity index (χ1v) is 5.78. The van der Waals surface area contributed by atoms with E-state index in [0.717, 1.165) is 25.3 Å². The highest BCUT2D eigenvalue weighted by molar-refractivity contribution is 5.24. The molecule has 0 amide bonds. The van der Waals surface area contributed by atoms with E-state index in [9.17, 15) is 8.78 Å². The number of halogens is 2. The summed E-state index contributed by atoms with van der Waals surface area (Å²) in [5.74, 6) is -0.512. The molecule has 1 saturated carbocycles. The van der Waals surface area contributed by atoms with E-state index in [1.54, 1.807) is 0 Å². The summed E-state index contributed by atoms with van der Waals surface area (Å²) in [4.78, 5) is 0. The van der Waals surface area contributed by atoms with Crippen LogP contribution in [0.2, 0.25) is 0 Å². The summed E-state index contributed by atoms with van der Waals surface area (Å²) in [6.45, 7) is 2.12. The standard InChI is InChI=1S/C13H17F2N/c1-2-3-10-8-13(10,16)7-9-4-5-11(14)6-12(9)15/h4-6,10H,2-3,7-8,16H2,1H3. The highest BCUT2D eigenvalue weighted by Crippen LogP contribution is 2.46. The Balaban J connectivity index is 2.05. The van der Waals surface area contributed by atoms with Crippen molar-refractivity contribution in [1.29, 1.82) is 0 Å². The average molecular weight is 225 g/mol. The van der Waals surface area contributed by atoms with Crippen LogP contribution in [-0.2, 0) is 6.42 Å². The largest absolute Gasteiger partial charge is 0.325 e. The summed E-state index contributed by atoms with van der Waals surface area (Å²) in [7, 11) is 0. The SMILES string of the molecule is CCCC1CC1(N)Cc1ccc(F)cc1F. The minimum atomic E-state index is -0.534. The third-order valence-electron chi connectivity index (χ3n) is 3.45. The van der Waals surface area contributed by atoms with Gasteiger partial charge in [0.25, 0.3) is 0 Å². The normalized spacial score (nSPS) is 28.1. The lowest BCUT2D eigenvalue weighted by molar-refractivity contribution is 0.526. The molecule has 16 heavy (non-hydrogen) atoms. The van der Waals surface area contributed by atoms with Gasteiger partial charge in [0.05, 0.1) is 0 Å². The summed E-state index contributed by atoms with van der Waals surface area (Å²) in [6.07, 6.45) is 3.68. The van der Waals surface area contributed by atoms with Crippen molar-refractivity contribution in [3.63, 3.8) is 0 Å². The summed E-state index contributed by atoms with van der Waals surface area (Å²) in [5.41, 5.74) is 6.43. The van der Waals surface area contributed by atoms with Crippen molar-refractivity contribution in [2.75, 3.05) is 0 Å². The Labute approximate surface area is 94.7 Å². The van der Waals surface area contributed by atoms with Crippen LogP contribution < -0.4 is 5.73 Å². The van der Waals surface area contributed by atoms with Crippen LogP contribution in [0.15, 0.2) is 18.2 Å². The molecule has 88 valence electrons. The van der Waals surface area contributed by atoms with Crippen LogP contribution in [0.4, 0.5) is 8.78 Å². The Morgan fingerprint density at radius 2 is 2.19 bits per heavy atom. The lowest BCUT2D eigenvalue weighted by Gasteiger charge is -2.12. The molecule has 2 atom stereocenters. The van der Waals surface area contributed by atoms with Crippen molar-refractivity contribution < 1.29 is 8.78 Å². The van der Waals surface area contributed by atoms with Gasteiger partial charge >= 0.3 is 0 Å². The predicted octanol–water partition coefficient (Wildman–Crippen LogP) is 3.02. The molecular weight excluding hydrogens is 208 g/mol. The molecule has 0 heterocycles. The topological polar surface area (TPSA) is 26.0 Å². The Kier molecular flexibility index (Phi) is 2.98. The molecule has 1 aliphatic rings. The molecule has 2 unspecified atom stereocenters. The summed E-state index contributed by atoms with van der Waals surface area (Å²) < 4.78 is 26.1. The number of hydrogen-bond donors (Lipinski definition) is 1. The van der Waals surface area contributed by atoms with Gasteiger partial charge in [-0.05, 0) is 36.8 Å². The van der Waals surface area contributed by atoms with E-state index in [1.807, 2.05) is 0 Å². The smallest absolute Gasteiger partial charge is 0.129 e. The molecule has 1 aliphatic carbocycles. The van der Waals surface area contributed by atoms with Crippen LogP contribution in [0.5, 0.6) is 0 Å². The van der Waals surface area contributed by atoms with Crippen molar-refractivity contribution in [3.05, 3.63) is 35.4 Å². The van der Waals surface area contributed by atoms with E-state index in [4.69, 9.17) is 5.73 Å². The second-order valence-electron chi connectivity index (χ2n) is 4.84. The number of rotatable bonds is 4. The highest BCUT2D eigenvalue weighted by atomic mass is 19.1. The molecule has 3 heteroatoms. The lowest BCUT2D eigenvalue weighted by atomic mass is 10.0. The van der Waals surface area contributed by atoms with Gasteiger partial charge in [0.1, 0.15) is 11.6 Å². The zero-order valence-electron chi connectivity index (χ0n) is 9.47. The van der Waals surface area contributed by atoms with Crippen LogP contribution >= 0.6 is 0 Å². The average Bonchev–Trinajstić information content (AvgIpc) is 2.83. The molecule has 1 nitrogen and oxygen atoms in total. The van der Waals surface area contributed by atoms with Crippen molar-refractivity contribution in [1.82, 2.24) is 0 Å². The minimum Gasteiger partial charge on any atom is -0.325 e. The Hall–Kier alpha value is -0.960. The Morgan fingerprint density at radius 3 is 2.81 bits per heavy atom. The quantitative estimate of drug-likeness (QED) is 0.837. The molecule has 0 aromatic heterocycles. The first kappa shape index (κ1) is 11.5. The van der Waals surface area contributed by atoms with Gasteiger partial charge < -0.3 is 5.73 Å². The Morgan fingerprint density at radius 1 is 1.44 bits per heavy atom. The van der Waals surface area contributed by atoms with Gasteiger partial charge in [-0.15, -0.1) is 0 Å². The molecule has 0 spiro atoms. The maximum Gasteiger partial charge on any atom is 0.129 e. The van der Waals surface area contributed by atoms with Gasteiger partial charge in [0, 0.05) is 11.6 Å². The fourth-order valence-electron chi connectivity index (χ4n) is 2.37. The maximum atomic E-state index is 13.4. The molecule has 0 radical (unpaired) electrons. The van der Waals surface area contributed by atoms with Crippen LogP contribution in [0, 0.1) is 17.6 Å².